The van der Waals surface area contributed by atoms with Gasteiger partial charge in [-0.1, -0.05) is 43.7 Å². The zero-order valence-corrected chi connectivity index (χ0v) is 8.65. The van der Waals surface area contributed by atoms with E-state index in [-0.39, 0.29) is 0 Å². The van der Waals surface area contributed by atoms with E-state index in [1.165, 1.54) is 5.56 Å². The van der Waals surface area contributed by atoms with E-state index in [2.05, 4.69) is 12.1 Å². The molecule has 0 aromatic heterocycles. The van der Waals surface area contributed by atoms with Crippen molar-refractivity contribution in [3.8, 4) is 0 Å². The Labute approximate surface area is 85.5 Å². The maximum atomic E-state index is 9.30. The molecule has 0 aliphatic rings. The predicted molar refractivity (Wildman–Crippen MR) is 57.0 cm³/mol. The summed E-state index contributed by atoms with van der Waals surface area (Å²) >= 11 is 0. The van der Waals surface area contributed by atoms with Crippen LogP contribution >= 0.6 is 0 Å². The Kier molecular flexibility index (Phi) is 5.27. The third-order valence-corrected chi connectivity index (χ3v) is 2.08. The average molecular weight is 194 g/mol. The third-order valence-electron chi connectivity index (χ3n) is 2.08. The molecule has 0 saturated heterocycles. The first-order chi connectivity index (χ1) is 6.83. The van der Waals surface area contributed by atoms with Crippen molar-refractivity contribution in [2.45, 2.75) is 32.5 Å². The van der Waals surface area contributed by atoms with E-state index in [1.54, 1.807) is 0 Å². The smallest absolute Gasteiger partial charge is 0.154 e. The van der Waals surface area contributed by atoms with Crippen LogP contribution in [0.2, 0.25) is 0 Å². The van der Waals surface area contributed by atoms with Crippen LogP contribution in [0.15, 0.2) is 30.3 Å². The summed E-state index contributed by atoms with van der Waals surface area (Å²) in [6.45, 7) is 2.62. The number of aliphatic hydroxyl groups excluding tert-OH is 1. The van der Waals surface area contributed by atoms with E-state index < -0.39 is 6.29 Å². The van der Waals surface area contributed by atoms with E-state index >= 15 is 0 Å². The summed E-state index contributed by atoms with van der Waals surface area (Å²) in [6.07, 6.45) is 1.94. The lowest BCUT2D eigenvalue weighted by Crippen LogP contribution is -2.13. The molecular formula is C12H18O2. The van der Waals surface area contributed by atoms with Gasteiger partial charge in [-0.2, -0.15) is 0 Å². The molecule has 14 heavy (non-hydrogen) atoms. The summed E-state index contributed by atoms with van der Waals surface area (Å²) in [6, 6.07) is 10.1. The predicted octanol–water partition coefficient (Wildman–Crippen LogP) is 2.36. The first kappa shape index (κ1) is 11.2. The molecule has 1 N–H and O–H groups in total. The lowest BCUT2D eigenvalue weighted by molar-refractivity contribution is -0.102. The van der Waals surface area contributed by atoms with E-state index in [1.807, 2.05) is 25.1 Å². The highest BCUT2D eigenvalue weighted by Crippen LogP contribution is 2.02. The SMILES string of the molecule is CCCC(O)OCCc1ccccc1. The first-order valence-corrected chi connectivity index (χ1v) is 5.16. The second kappa shape index (κ2) is 6.57. The fourth-order valence-corrected chi connectivity index (χ4v) is 1.29. The van der Waals surface area contributed by atoms with Crippen LogP contribution in [0, 0.1) is 0 Å². The van der Waals surface area contributed by atoms with Crippen LogP contribution in [0.5, 0.6) is 0 Å². The van der Waals surface area contributed by atoms with Crippen molar-refractivity contribution in [3.63, 3.8) is 0 Å². The van der Waals surface area contributed by atoms with E-state index in [0.717, 1.165) is 19.3 Å². The summed E-state index contributed by atoms with van der Waals surface area (Å²) < 4.78 is 5.24. The van der Waals surface area contributed by atoms with Gasteiger partial charge in [0.15, 0.2) is 6.29 Å². The topological polar surface area (TPSA) is 29.5 Å². The Morgan fingerprint density at radius 3 is 2.64 bits per heavy atom. The minimum Gasteiger partial charge on any atom is -0.368 e. The maximum absolute atomic E-state index is 9.30. The number of rotatable bonds is 6. The largest absolute Gasteiger partial charge is 0.368 e. The molecular weight excluding hydrogens is 176 g/mol. The number of hydrogen-bond donors (Lipinski definition) is 1. The standard InChI is InChI=1S/C12H18O2/c1-2-6-12(13)14-10-9-11-7-4-3-5-8-11/h3-5,7-8,12-13H,2,6,9-10H2,1H3. The second-order valence-electron chi connectivity index (χ2n) is 3.35. The fraction of sp³-hybridized carbons (Fsp3) is 0.500. The van der Waals surface area contributed by atoms with Crippen molar-refractivity contribution in [2.24, 2.45) is 0 Å². The molecule has 0 spiro atoms. The highest BCUT2D eigenvalue weighted by molar-refractivity contribution is 5.14. The van der Waals surface area contributed by atoms with Gasteiger partial charge in [0.05, 0.1) is 6.61 Å². The average Bonchev–Trinajstić information content (AvgIpc) is 2.20. The van der Waals surface area contributed by atoms with Crippen LogP contribution in [-0.4, -0.2) is 18.0 Å². The minimum atomic E-state index is -0.594. The molecule has 2 nitrogen and oxygen atoms in total. The van der Waals surface area contributed by atoms with Crippen LogP contribution in [0.25, 0.3) is 0 Å². The Morgan fingerprint density at radius 1 is 1.29 bits per heavy atom. The van der Waals surface area contributed by atoms with Crippen molar-refractivity contribution >= 4 is 0 Å². The minimum absolute atomic E-state index is 0.588. The number of ether oxygens (including phenoxy) is 1. The van der Waals surface area contributed by atoms with Crippen LogP contribution in [0.4, 0.5) is 0 Å². The molecule has 0 bridgehead atoms. The highest BCUT2D eigenvalue weighted by atomic mass is 16.6. The van der Waals surface area contributed by atoms with Crippen molar-refractivity contribution in [2.75, 3.05) is 6.61 Å². The van der Waals surface area contributed by atoms with Gasteiger partial charge in [0.1, 0.15) is 0 Å². The number of hydrogen-bond acceptors (Lipinski definition) is 2. The normalized spacial score (nSPS) is 12.7. The summed E-state index contributed by atoms with van der Waals surface area (Å²) in [5.41, 5.74) is 1.25. The molecule has 0 fully saturated rings. The molecule has 0 saturated carbocycles. The maximum Gasteiger partial charge on any atom is 0.154 e. The lowest BCUT2D eigenvalue weighted by Gasteiger charge is -2.10. The molecule has 78 valence electrons. The molecule has 0 aliphatic carbocycles. The zero-order chi connectivity index (χ0) is 10.2. The van der Waals surface area contributed by atoms with Crippen LogP contribution < -0.4 is 0 Å². The van der Waals surface area contributed by atoms with Gasteiger partial charge in [-0.3, -0.25) is 0 Å². The van der Waals surface area contributed by atoms with Crippen molar-refractivity contribution in [1.29, 1.82) is 0 Å². The molecule has 0 aliphatic heterocycles. The Hall–Kier alpha value is -0.860. The molecule has 1 atom stereocenters. The van der Waals surface area contributed by atoms with E-state index in [4.69, 9.17) is 4.74 Å². The summed E-state index contributed by atoms with van der Waals surface area (Å²) in [4.78, 5) is 0. The Bertz CT molecular complexity index is 233. The van der Waals surface area contributed by atoms with Crippen molar-refractivity contribution in [3.05, 3.63) is 35.9 Å². The zero-order valence-electron chi connectivity index (χ0n) is 8.65. The summed E-state index contributed by atoms with van der Waals surface area (Å²) in [5.74, 6) is 0. The molecule has 0 amide bonds. The molecule has 1 aromatic rings. The third kappa shape index (κ3) is 4.40. The van der Waals surface area contributed by atoms with E-state index in [0.29, 0.717) is 6.61 Å². The fourth-order valence-electron chi connectivity index (χ4n) is 1.29. The van der Waals surface area contributed by atoms with Gasteiger partial charge in [-0.05, 0) is 18.4 Å². The van der Waals surface area contributed by atoms with Gasteiger partial charge >= 0.3 is 0 Å². The molecule has 2 heteroatoms. The Balaban J connectivity index is 2.16. The quantitative estimate of drug-likeness (QED) is 0.704. The van der Waals surface area contributed by atoms with Crippen molar-refractivity contribution < 1.29 is 9.84 Å². The molecule has 0 radical (unpaired) electrons. The van der Waals surface area contributed by atoms with Crippen LogP contribution in [0.1, 0.15) is 25.3 Å². The Morgan fingerprint density at radius 2 is 2.00 bits per heavy atom. The second-order valence-corrected chi connectivity index (χ2v) is 3.35. The number of benzene rings is 1. The first-order valence-electron chi connectivity index (χ1n) is 5.16. The molecule has 1 rings (SSSR count). The summed E-state index contributed by atoms with van der Waals surface area (Å²) in [7, 11) is 0. The van der Waals surface area contributed by atoms with Crippen molar-refractivity contribution in [1.82, 2.24) is 0 Å². The van der Waals surface area contributed by atoms with Gasteiger partial charge in [0, 0.05) is 0 Å². The summed E-state index contributed by atoms with van der Waals surface area (Å²) in [5, 5.41) is 9.30. The lowest BCUT2D eigenvalue weighted by atomic mass is 10.2. The van der Waals surface area contributed by atoms with E-state index in [9.17, 15) is 5.11 Å². The molecule has 1 unspecified atom stereocenters. The van der Waals surface area contributed by atoms with Gasteiger partial charge in [-0.25, -0.2) is 0 Å². The monoisotopic (exact) mass is 194 g/mol. The highest BCUT2D eigenvalue weighted by Gasteiger charge is 2.01. The van der Waals surface area contributed by atoms with Crippen LogP contribution in [-0.2, 0) is 11.2 Å². The van der Waals surface area contributed by atoms with Gasteiger partial charge < -0.3 is 9.84 Å². The molecule has 1 aromatic carbocycles. The van der Waals surface area contributed by atoms with Gasteiger partial charge in [-0.15, -0.1) is 0 Å². The van der Waals surface area contributed by atoms with Crippen LogP contribution in [0.3, 0.4) is 0 Å². The van der Waals surface area contributed by atoms with Gasteiger partial charge in [0.25, 0.3) is 0 Å². The molecule has 0 heterocycles. The van der Waals surface area contributed by atoms with Gasteiger partial charge in [0.2, 0.25) is 0 Å². The number of aliphatic hydroxyl groups is 1.